The molecule has 0 atom stereocenters. The highest BCUT2D eigenvalue weighted by Gasteiger charge is 2.05. The molecule has 0 heterocycles. The van der Waals surface area contributed by atoms with Gasteiger partial charge in [0.15, 0.2) is 11.5 Å². The molecule has 0 fully saturated rings. The second-order valence-electron chi connectivity index (χ2n) is 2.28. The molecule has 1 aromatic carbocycles. The van der Waals surface area contributed by atoms with E-state index in [9.17, 15) is 0 Å². The van der Waals surface area contributed by atoms with Gasteiger partial charge in [-0.25, -0.2) is 0 Å². The van der Waals surface area contributed by atoms with Crippen molar-refractivity contribution in [2.75, 3.05) is 0 Å². The first-order chi connectivity index (χ1) is 5.65. The Morgan fingerprint density at radius 2 is 2.08 bits per heavy atom. The monoisotopic (exact) mass is 275 g/mol. The maximum atomic E-state index is 9.16. The lowest BCUT2D eigenvalue weighted by atomic mass is 10.1. The second kappa shape index (κ2) is 3.63. The second-order valence-corrected chi connectivity index (χ2v) is 3.44. The van der Waals surface area contributed by atoms with E-state index in [1.54, 1.807) is 6.07 Å². The van der Waals surface area contributed by atoms with E-state index < -0.39 is 0 Å². The Morgan fingerprint density at radius 1 is 1.42 bits per heavy atom. The Bertz CT molecular complexity index is 320. The van der Waals surface area contributed by atoms with Gasteiger partial charge >= 0.3 is 0 Å². The summed E-state index contributed by atoms with van der Waals surface area (Å²) < 4.78 is 0.554. The van der Waals surface area contributed by atoms with Crippen LogP contribution in [0, 0.1) is 14.9 Å². The predicted molar refractivity (Wildman–Crippen MR) is 51.8 cm³/mol. The third kappa shape index (κ3) is 1.80. The van der Waals surface area contributed by atoms with E-state index in [2.05, 4.69) is 0 Å². The van der Waals surface area contributed by atoms with Crippen molar-refractivity contribution < 1.29 is 10.2 Å². The van der Waals surface area contributed by atoms with Crippen LogP contribution >= 0.6 is 22.6 Å². The largest absolute Gasteiger partial charge is 0.504 e. The van der Waals surface area contributed by atoms with E-state index in [-0.39, 0.29) is 17.9 Å². The lowest BCUT2D eigenvalue weighted by Gasteiger charge is -2.02. The number of phenolic OH excluding ortho intramolecular Hbond substituents is 2. The number of aromatic hydroxyl groups is 2. The Morgan fingerprint density at radius 3 is 2.58 bits per heavy atom. The van der Waals surface area contributed by atoms with Crippen LogP contribution in [0.3, 0.4) is 0 Å². The van der Waals surface area contributed by atoms with Gasteiger partial charge in [-0.3, -0.25) is 0 Å². The van der Waals surface area contributed by atoms with Gasteiger partial charge in [0, 0.05) is 0 Å². The number of nitrogens with zero attached hydrogens (tertiary/aromatic N) is 1. The Hall–Kier alpha value is -0.960. The molecule has 1 rings (SSSR count). The van der Waals surface area contributed by atoms with E-state index in [1.807, 2.05) is 28.7 Å². The minimum absolute atomic E-state index is 0.128. The van der Waals surface area contributed by atoms with Crippen LogP contribution in [0.25, 0.3) is 0 Å². The number of hydrogen-bond donors (Lipinski definition) is 2. The van der Waals surface area contributed by atoms with Crippen LogP contribution in [-0.2, 0) is 6.42 Å². The summed E-state index contributed by atoms with van der Waals surface area (Å²) >= 11 is 1.90. The average Bonchev–Trinajstić information content (AvgIpc) is 2.01. The molecule has 0 aliphatic rings. The summed E-state index contributed by atoms with van der Waals surface area (Å²) in [5.74, 6) is -0.301. The van der Waals surface area contributed by atoms with Gasteiger partial charge in [0.25, 0.3) is 0 Å². The van der Waals surface area contributed by atoms with Crippen molar-refractivity contribution in [3.63, 3.8) is 0 Å². The summed E-state index contributed by atoms with van der Waals surface area (Å²) in [6.07, 6.45) is 0.240. The smallest absolute Gasteiger partial charge is 0.171 e. The Labute approximate surface area is 83.4 Å². The zero-order valence-electron chi connectivity index (χ0n) is 6.08. The third-order valence-electron chi connectivity index (χ3n) is 1.39. The SMILES string of the molecule is N#CCc1cc(O)c(O)c(I)c1. The molecule has 0 spiro atoms. The van der Waals surface area contributed by atoms with Crippen molar-refractivity contribution >= 4 is 22.6 Å². The van der Waals surface area contributed by atoms with Crippen molar-refractivity contribution in [2.45, 2.75) is 6.42 Å². The first-order valence-corrected chi connectivity index (χ1v) is 4.30. The summed E-state index contributed by atoms with van der Waals surface area (Å²) in [5, 5.41) is 26.7. The summed E-state index contributed by atoms with van der Waals surface area (Å²) in [6, 6.07) is 5.02. The number of hydrogen-bond acceptors (Lipinski definition) is 3. The first kappa shape index (κ1) is 9.13. The van der Waals surface area contributed by atoms with E-state index in [4.69, 9.17) is 15.5 Å². The lowest BCUT2D eigenvalue weighted by Crippen LogP contribution is -1.84. The number of phenols is 2. The fourth-order valence-electron chi connectivity index (χ4n) is 0.832. The van der Waals surface area contributed by atoms with Crippen molar-refractivity contribution in [2.24, 2.45) is 0 Å². The van der Waals surface area contributed by atoms with Gasteiger partial charge in [-0.1, -0.05) is 0 Å². The molecule has 0 saturated heterocycles. The van der Waals surface area contributed by atoms with Gasteiger partial charge in [0.1, 0.15) is 0 Å². The van der Waals surface area contributed by atoms with Crippen LogP contribution in [0.1, 0.15) is 5.56 Å². The van der Waals surface area contributed by atoms with Gasteiger partial charge in [0.2, 0.25) is 0 Å². The molecule has 1 aromatic rings. The third-order valence-corrected chi connectivity index (χ3v) is 2.21. The zero-order valence-corrected chi connectivity index (χ0v) is 8.24. The Kier molecular flexibility index (Phi) is 2.76. The summed E-state index contributed by atoms with van der Waals surface area (Å²) in [4.78, 5) is 0. The zero-order chi connectivity index (χ0) is 9.14. The van der Waals surface area contributed by atoms with Crippen LogP contribution in [0.2, 0.25) is 0 Å². The fourth-order valence-corrected chi connectivity index (χ4v) is 1.51. The topological polar surface area (TPSA) is 64.2 Å². The quantitative estimate of drug-likeness (QED) is 0.606. The highest BCUT2D eigenvalue weighted by molar-refractivity contribution is 14.1. The molecule has 0 bridgehead atoms. The van der Waals surface area contributed by atoms with Gasteiger partial charge < -0.3 is 10.2 Å². The number of rotatable bonds is 1. The molecular formula is C8H6INO2. The summed E-state index contributed by atoms with van der Waals surface area (Å²) in [5.41, 5.74) is 0.706. The van der Waals surface area contributed by atoms with E-state index in [1.165, 1.54) is 6.07 Å². The molecule has 0 aliphatic carbocycles. The molecule has 0 radical (unpaired) electrons. The van der Waals surface area contributed by atoms with E-state index in [0.717, 1.165) is 0 Å². The molecule has 4 heteroatoms. The van der Waals surface area contributed by atoms with Crippen molar-refractivity contribution in [1.29, 1.82) is 5.26 Å². The van der Waals surface area contributed by atoms with Crippen LogP contribution in [0.15, 0.2) is 12.1 Å². The van der Waals surface area contributed by atoms with Gasteiger partial charge in [-0.05, 0) is 40.3 Å². The fraction of sp³-hybridized carbons (Fsp3) is 0.125. The predicted octanol–water partition coefficient (Wildman–Crippen LogP) is 1.77. The molecule has 62 valence electrons. The Balaban J connectivity index is 3.14. The van der Waals surface area contributed by atoms with Gasteiger partial charge in [-0.15, -0.1) is 0 Å². The number of nitriles is 1. The average molecular weight is 275 g/mol. The van der Waals surface area contributed by atoms with Gasteiger partial charge in [0.05, 0.1) is 16.1 Å². The standard InChI is InChI=1S/C8H6INO2/c9-6-3-5(1-2-10)4-7(11)8(6)12/h3-4,11-12H,1H2. The van der Waals surface area contributed by atoms with Crippen LogP contribution in [-0.4, -0.2) is 10.2 Å². The normalized spacial score (nSPS) is 9.33. The number of halogens is 1. The molecule has 2 N–H and O–H groups in total. The summed E-state index contributed by atoms with van der Waals surface area (Å²) in [7, 11) is 0. The highest BCUT2D eigenvalue weighted by Crippen LogP contribution is 2.31. The molecule has 0 aromatic heterocycles. The molecular weight excluding hydrogens is 269 g/mol. The molecule has 12 heavy (non-hydrogen) atoms. The highest BCUT2D eigenvalue weighted by atomic mass is 127. The van der Waals surface area contributed by atoms with Crippen molar-refractivity contribution in [3.8, 4) is 17.6 Å². The van der Waals surface area contributed by atoms with Crippen LogP contribution in [0.4, 0.5) is 0 Å². The molecule has 0 aliphatic heterocycles. The minimum Gasteiger partial charge on any atom is -0.504 e. The molecule has 0 amide bonds. The molecule has 0 saturated carbocycles. The minimum atomic E-state index is -0.174. The van der Waals surface area contributed by atoms with Gasteiger partial charge in [-0.2, -0.15) is 5.26 Å². The first-order valence-electron chi connectivity index (χ1n) is 3.22. The molecule has 3 nitrogen and oxygen atoms in total. The molecule has 0 unspecified atom stereocenters. The van der Waals surface area contributed by atoms with E-state index in [0.29, 0.717) is 9.13 Å². The van der Waals surface area contributed by atoms with E-state index >= 15 is 0 Å². The van der Waals surface area contributed by atoms with Crippen molar-refractivity contribution in [1.82, 2.24) is 0 Å². The number of benzene rings is 1. The van der Waals surface area contributed by atoms with Crippen LogP contribution in [0.5, 0.6) is 11.5 Å². The lowest BCUT2D eigenvalue weighted by molar-refractivity contribution is 0.400. The maximum absolute atomic E-state index is 9.16. The van der Waals surface area contributed by atoms with Crippen LogP contribution < -0.4 is 0 Å². The van der Waals surface area contributed by atoms with Crippen molar-refractivity contribution in [3.05, 3.63) is 21.3 Å². The maximum Gasteiger partial charge on any atom is 0.171 e. The summed E-state index contributed by atoms with van der Waals surface area (Å²) in [6.45, 7) is 0.